The molecule has 0 spiro atoms. The topological polar surface area (TPSA) is 78.0 Å². The lowest BCUT2D eigenvalue weighted by atomic mass is 10.4. The van der Waals surface area contributed by atoms with Crippen molar-refractivity contribution >= 4 is 11.7 Å². The zero-order valence-electron chi connectivity index (χ0n) is 6.65. The minimum absolute atomic E-state index is 0.00505. The third-order valence-electron chi connectivity index (χ3n) is 1.36. The van der Waals surface area contributed by atoms with Crippen LogP contribution in [0.5, 0.6) is 0 Å². The highest BCUT2D eigenvalue weighted by atomic mass is 16.1. The molecule has 12 heavy (non-hydrogen) atoms. The van der Waals surface area contributed by atoms with Gasteiger partial charge in [0.05, 0.1) is 0 Å². The number of amides is 1. The van der Waals surface area contributed by atoms with Crippen LogP contribution in [0.1, 0.15) is 17.5 Å². The van der Waals surface area contributed by atoms with Crippen LogP contribution in [0.3, 0.4) is 0 Å². The first kappa shape index (κ1) is 8.45. The van der Waals surface area contributed by atoms with Gasteiger partial charge < -0.3 is 10.3 Å². The van der Waals surface area contributed by atoms with Crippen molar-refractivity contribution in [2.45, 2.75) is 13.5 Å². The van der Waals surface area contributed by atoms with Crippen LogP contribution in [-0.2, 0) is 11.3 Å². The summed E-state index contributed by atoms with van der Waals surface area (Å²) in [4.78, 5) is 25.2. The van der Waals surface area contributed by atoms with Crippen LogP contribution >= 0.6 is 0 Å². The van der Waals surface area contributed by atoms with Crippen molar-refractivity contribution in [2.24, 2.45) is 5.73 Å². The lowest BCUT2D eigenvalue weighted by Gasteiger charge is -2.00. The Morgan fingerprint density at radius 2 is 2.33 bits per heavy atom. The molecule has 1 heterocycles. The lowest BCUT2D eigenvalue weighted by Crippen LogP contribution is -2.20. The van der Waals surface area contributed by atoms with Crippen LogP contribution in [0.2, 0.25) is 0 Å². The van der Waals surface area contributed by atoms with Gasteiger partial charge in [-0.15, -0.1) is 0 Å². The van der Waals surface area contributed by atoms with Gasteiger partial charge in [-0.2, -0.15) is 0 Å². The van der Waals surface area contributed by atoms with Crippen molar-refractivity contribution in [3.8, 4) is 0 Å². The van der Waals surface area contributed by atoms with E-state index in [1.165, 1.54) is 17.7 Å². The molecular weight excluding hydrogens is 158 g/mol. The van der Waals surface area contributed by atoms with Gasteiger partial charge in [-0.05, 0) is 0 Å². The Morgan fingerprint density at radius 3 is 2.83 bits per heavy atom. The maximum atomic E-state index is 10.9. The molecule has 1 aromatic heterocycles. The number of nitrogens with two attached hydrogens (primary N) is 1. The molecule has 64 valence electrons. The Labute approximate surface area is 69.2 Å². The molecule has 0 saturated carbocycles. The summed E-state index contributed by atoms with van der Waals surface area (Å²) in [6, 6.07) is 0. The van der Waals surface area contributed by atoms with Crippen LogP contribution in [-0.4, -0.2) is 21.2 Å². The van der Waals surface area contributed by atoms with E-state index in [-0.39, 0.29) is 18.2 Å². The van der Waals surface area contributed by atoms with Crippen molar-refractivity contribution in [3.05, 3.63) is 18.2 Å². The smallest absolute Gasteiger partial charge is 0.237 e. The molecule has 5 nitrogen and oxygen atoms in total. The lowest BCUT2D eigenvalue weighted by molar-refractivity contribution is -0.118. The quantitative estimate of drug-likeness (QED) is 0.620. The average Bonchev–Trinajstić information content (AvgIpc) is 2.33. The summed E-state index contributed by atoms with van der Waals surface area (Å²) in [5.74, 6) is -0.412. The molecule has 1 rings (SSSR count). The molecule has 0 aromatic carbocycles. The SMILES string of the molecule is CC(=O)c1nccn1CC(N)=O. The number of hydrogen-bond acceptors (Lipinski definition) is 3. The molecule has 0 aliphatic carbocycles. The number of imidazole rings is 1. The fourth-order valence-electron chi connectivity index (χ4n) is 0.918. The first-order valence-corrected chi connectivity index (χ1v) is 3.41. The van der Waals surface area contributed by atoms with E-state index in [4.69, 9.17) is 5.73 Å². The predicted octanol–water partition coefficient (Wildman–Crippen LogP) is -0.429. The molecule has 1 aromatic rings. The Bertz CT molecular complexity index is 316. The summed E-state index contributed by atoms with van der Waals surface area (Å²) in [7, 11) is 0. The molecule has 0 aliphatic rings. The molecule has 0 aliphatic heterocycles. The van der Waals surface area contributed by atoms with E-state index in [2.05, 4.69) is 4.98 Å². The predicted molar refractivity (Wildman–Crippen MR) is 41.4 cm³/mol. The standard InChI is InChI=1S/C7H9N3O2/c1-5(11)7-9-2-3-10(7)4-6(8)12/h2-3H,4H2,1H3,(H2,8,12). The molecule has 0 atom stereocenters. The number of hydrogen-bond donors (Lipinski definition) is 1. The average molecular weight is 167 g/mol. The first-order chi connectivity index (χ1) is 5.61. The number of Topliss-reactive ketones (excluding diaryl/α,β-unsaturated/α-hetero) is 1. The first-order valence-electron chi connectivity index (χ1n) is 3.41. The van der Waals surface area contributed by atoms with Gasteiger partial charge in [-0.1, -0.05) is 0 Å². The number of nitrogens with zero attached hydrogens (tertiary/aromatic N) is 2. The van der Waals surface area contributed by atoms with Crippen molar-refractivity contribution < 1.29 is 9.59 Å². The van der Waals surface area contributed by atoms with Crippen molar-refractivity contribution in [3.63, 3.8) is 0 Å². The summed E-state index contributed by atoms with van der Waals surface area (Å²) in [5, 5.41) is 0. The van der Waals surface area contributed by atoms with E-state index in [1.54, 1.807) is 6.20 Å². The molecule has 0 saturated heterocycles. The second kappa shape index (κ2) is 3.17. The van der Waals surface area contributed by atoms with E-state index in [9.17, 15) is 9.59 Å². The molecule has 1 amide bonds. The van der Waals surface area contributed by atoms with Crippen LogP contribution in [0, 0.1) is 0 Å². The second-order valence-electron chi connectivity index (χ2n) is 2.40. The van der Waals surface area contributed by atoms with Gasteiger partial charge in [0, 0.05) is 19.3 Å². The normalized spacial score (nSPS) is 9.75. The van der Waals surface area contributed by atoms with Gasteiger partial charge in [-0.25, -0.2) is 4.98 Å². The van der Waals surface area contributed by atoms with Gasteiger partial charge in [0.1, 0.15) is 6.54 Å². The number of ketones is 1. The van der Waals surface area contributed by atoms with Crippen molar-refractivity contribution in [1.29, 1.82) is 0 Å². The summed E-state index contributed by atoms with van der Waals surface area (Å²) in [6.07, 6.45) is 3.00. The maximum absolute atomic E-state index is 10.9. The second-order valence-corrected chi connectivity index (χ2v) is 2.40. The van der Waals surface area contributed by atoms with Gasteiger partial charge in [-0.3, -0.25) is 9.59 Å². The van der Waals surface area contributed by atoms with Crippen molar-refractivity contribution in [1.82, 2.24) is 9.55 Å². The minimum Gasteiger partial charge on any atom is -0.368 e. The van der Waals surface area contributed by atoms with Crippen LogP contribution < -0.4 is 5.73 Å². The maximum Gasteiger partial charge on any atom is 0.237 e. The number of aromatic nitrogens is 2. The van der Waals surface area contributed by atoms with Crippen molar-refractivity contribution in [2.75, 3.05) is 0 Å². The Kier molecular flexibility index (Phi) is 2.23. The fraction of sp³-hybridized carbons (Fsp3) is 0.286. The summed E-state index contributed by atoms with van der Waals surface area (Å²) >= 11 is 0. The summed E-state index contributed by atoms with van der Waals surface area (Å²) in [6.45, 7) is 1.38. The number of primary amides is 1. The number of rotatable bonds is 3. The van der Waals surface area contributed by atoms with E-state index in [1.807, 2.05) is 0 Å². The van der Waals surface area contributed by atoms with E-state index < -0.39 is 5.91 Å². The van der Waals surface area contributed by atoms with Crippen LogP contribution in [0.4, 0.5) is 0 Å². The Morgan fingerprint density at radius 1 is 1.67 bits per heavy atom. The van der Waals surface area contributed by atoms with Crippen LogP contribution in [0.25, 0.3) is 0 Å². The van der Waals surface area contributed by atoms with Gasteiger partial charge in [0.15, 0.2) is 11.6 Å². The molecule has 5 heteroatoms. The third kappa shape index (κ3) is 1.69. The highest BCUT2D eigenvalue weighted by Crippen LogP contribution is 1.97. The molecule has 0 fully saturated rings. The Hall–Kier alpha value is -1.65. The molecule has 0 bridgehead atoms. The molecular formula is C7H9N3O2. The van der Waals surface area contributed by atoms with Gasteiger partial charge >= 0.3 is 0 Å². The fourth-order valence-corrected chi connectivity index (χ4v) is 0.918. The number of carbonyl (C=O) groups is 2. The molecule has 0 unspecified atom stereocenters. The summed E-state index contributed by atoms with van der Waals surface area (Å²) < 4.78 is 1.42. The van der Waals surface area contributed by atoms with E-state index >= 15 is 0 Å². The van der Waals surface area contributed by atoms with E-state index in [0.29, 0.717) is 0 Å². The highest BCUT2D eigenvalue weighted by Gasteiger charge is 2.08. The van der Waals surface area contributed by atoms with Crippen LogP contribution in [0.15, 0.2) is 12.4 Å². The molecule has 0 radical (unpaired) electrons. The summed E-state index contributed by atoms with van der Waals surface area (Å²) in [5.41, 5.74) is 4.95. The monoisotopic (exact) mass is 167 g/mol. The zero-order chi connectivity index (χ0) is 9.14. The zero-order valence-corrected chi connectivity index (χ0v) is 6.65. The van der Waals surface area contributed by atoms with Gasteiger partial charge in [0.2, 0.25) is 5.91 Å². The molecule has 2 N–H and O–H groups in total. The third-order valence-corrected chi connectivity index (χ3v) is 1.36. The largest absolute Gasteiger partial charge is 0.368 e. The minimum atomic E-state index is -0.490. The highest BCUT2D eigenvalue weighted by molar-refractivity contribution is 5.91. The Balaban J connectivity index is 2.91. The number of carbonyl (C=O) groups excluding carboxylic acids is 2. The van der Waals surface area contributed by atoms with Gasteiger partial charge in [0.25, 0.3) is 0 Å². The van der Waals surface area contributed by atoms with E-state index in [0.717, 1.165) is 0 Å².